The average Bonchev–Trinajstić information content (AvgIpc) is 2.89. The third-order valence-corrected chi connectivity index (χ3v) is 4.60. The molecule has 1 saturated carbocycles. The second-order valence-corrected chi connectivity index (χ2v) is 6.16. The van der Waals surface area contributed by atoms with Gasteiger partial charge in [-0.05, 0) is 25.5 Å². The van der Waals surface area contributed by atoms with Crippen molar-refractivity contribution in [2.45, 2.75) is 50.4 Å². The molecule has 0 amide bonds. The van der Waals surface area contributed by atoms with Crippen molar-refractivity contribution in [1.29, 1.82) is 0 Å². The lowest BCUT2D eigenvalue weighted by Gasteiger charge is -2.29. The van der Waals surface area contributed by atoms with Crippen LogP contribution in [0.3, 0.4) is 0 Å². The van der Waals surface area contributed by atoms with E-state index in [0.29, 0.717) is 24.3 Å². The smallest absolute Gasteiger partial charge is 0.223 e. The van der Waals surface area contributed by atoms with Gasteiger partial charge in [0.05, 0.1) is 6.54 Å². The molecule has 1 aliphatic rings. The van der Waals surface area contributed by atoms with Crippen molar-refractivity contribution < 1.29 is 4.52 Å². The maximum atomic E-state index is 4.94. The average molecular weight is 297 g/mol. The van der Waals surface area contributed by atoms with Crippen molar-refractivity contribution in [3.8, 4) is 0 Å². The molecule has 1 aliphatic carbocycles. The number of hydrogen-bond donors (Lipinski definition) is 2. The molecule has 20 heavy (non-hydrogen) atoms. The van der Waals surface area contributed by atoms with Gasteiger partial charge in [-0.2, -0.15) is 16.7 Å². The van der Waals surface area contributed by atoms with E-state index in [0.717, 1.165) is 11.2 Å². The number of rotatable bonds is 4. The molecule has 2 unspecified atom stereocenters. The number of hydrogen-bond acceptors (Lipinski definition) is 5. The van der Waals surface area contributed by atoms with E-state index in [1.54, 1.807) is 14.0 Å². The van der Waals surface area contributed by atoms with Gasteiger partial charge >= 0.3 is 0 Å². The lowest BCUT2D eigenvalue weighted by molar-refractivity contribution is 0.386. The van der Waals surface area contributed by atoms with E-state index in [2.05, 4.69) is 32.0 Å². The summed E-state index contributed by atoms with van der Waals surface area (Å²) in [5.74, 6) is 2.04. The molecule has 6 nitrogen and oxygen atoms in total. The van der Waals surface area contributed by atoms with Gasteiger partial charge in [-0.3, -0.25) is 4.99 Å². The molecular weight excluding hydrogens is 274 g/mol. The van der Waals surface area contributed by atoms with Crippen LogP contribution in [0.15, 0.2) is 9.52 Å². The van der Waals surface area contributed by atoms with Crippen molar-refractivity contribution in [3.63, 3.8) is 0 Å². The van der Waals surface area contributed by atoms with Crippen molar-refractivity contribution >= 4 is 17.7 Å². The zero-order valence-electron chi connectivity index (χ0n) is 12.3. The van der Waals surface area contributed by atoms with Gasteiger partial charge in [-0.1, -0.05) is 11.6 Å². The van der Waals surface area contributed by atoms with E-state index in [-0.39, 0.29) is 0 Å². The molecular formula is C13H23N5OS. The van der Waals surface area contributed by atoms with Gasteiger partial charge in [0.1, 0.15) is 0 Å². The quantitative estimate of drug-likeness (QED) is 0.651. The minimum absolute atomic E-state index is 0.499. The summed E-state index contributed by atoms with van der Waals surface area (Å²) in [4.78, 5) is 8.42. The van der Waals surface area contributed by atoms with Gasteiger partial charge in [-0.25, -0.2) is 0 Å². The fraction of sp³-hybridized carbons (Fsp3) is 0.769. The molecule has 2 atom stereocenters. The van der Waals surface area contributed by atoms with Crippen LogP contribution in [-0.2, 0) is 6.54 Å². The van der Waals surface area contributed by atoms with Crippen LogP contribution in [0.5, 0.6) is 0 Å². The van der Waals surface area contributed by atoms with Crippen molar-refractivity contribution in [2.24, 2.45) is 4.99 Å². The first-order chi connectivity index (χ1) is 9.71. The van der Waals surface area contributed by atoms with Crippen molar-refractivity contribution in [2.75, 3.05) is 13.3 Å². The van der Waals surface area contributed by atoms with Crippen LogP contribution in [0.4, 0.5) is 0 Å². The van der Waals surface area contributed by atoms with Gasteiger partial charge in [-0.15, -0.1) is 0 Å². The van der Waals surface area contributed by atoms with Crippen LogP contribution >= 0.6 is 11.8 Å². The molecule has 0 saturated heterocycles. The molecule has 0 aromatic carbocycles. The van der Waals surface area contributed by atoms with Gasteiger partial charge in [0.15, 0.2) is 11.8 Å². The largest absolute Gasteiger partial charge is 0.354 e. The van der Waals surface area contributed by atoms with Crippen LogP contribution in [0.2, 0.25) is 0 Å². The molecule has 1 fully saturated rings. The summed E-state index contributed by atoms with van der Waals surface area (Å²) >= 11 is 1.96. The highest BCUT2D eigenvalue weighted by molar-refractivity contribution is 7.99. The number of guanidine groups is 1. The fourth-order valence-electron chi connectivity index (χ4n) is 2.45. The van der Waals surface area contributed by atoms with Crippen LogP contribution in [0, 0.1) is 6.92 Å². The Balaban J connectivity index is 1.80. The Morgan fingerprint density at radius 1 is 1.50 bits per heavy atom. The number of thioether (sulfide) groups is 1. The number of nitrogens with zero attached hydrogens (tertiary/aromatic N) is 3. The maximum absolute atomic E-state index is 4.94. The molecule has 2 rings (SSSR count). The van der Waals surface area contributed by atoms with Crippen LogP contribution in [0.1, 0.15) is 37.4 Å². The van der Waals surface area contributed by atoms with Crippen molar-refractivity contribution in [1.82, 2.24) is 20.8 Å². The lowest BCUT2D eigenvalue weighted by atomic mass is 9.95. The second kappa shape index (κ2) is 7.52. The normalized spacial score (nSPS) is 23.6. The highest BCUT2D eigenvalue weighted by Gasteiger charge is 2.21. The molecule has 0 radical (unpaired) electrons. The van der Waals surface area contributed by atoms with Crippen LogP contribution in [0.25, 0.3) is 0 Å². The highest BCUT2D eigenvalue weighted by atomic mass is 32.2. The molecule has 0 bridgehead atoms. The minimum Gasteiger partial charge on any atom is -0.354 e. The molecule has 0 aliphatic heterocycles. The fourth-order valence-corrected chi connectivity index (χ4v) is 3.28. The van der Waals surface area contributed by atoms with E-state index in [4.69, 9.17) is 4.52 Å². The van der Waals surface area contributed by atoms with Gasteiger partial charge in [0.2, 0.25) is 5.89 Å². The lowest BCUT2D eigenvalue weighted by Crippen LogP contribution is -2.45. The Kier molecular flexibility index (Phi) is 5.70. The molecule has 1 heterocycles. The predicted octanol–water partition coefficient (Wildman–Crippen LogP) is 1.72. The summed E-state index contributed by atoms with van der Waals surface area (Å²) in [7, 11) is 1.78. The third-order valence-electron chi connectivity index (χ3n) is 3.51. The Bertz CT molecular complexity index is 448. The van der Waals surface area contributed by atoms with Crippen LogP contribution in [-0.4, -0.2) is 40.7 Å². The third kappa shape index (κ3) is 4.40. The SMILES string of the molecule is CN=C(NCc1noc(C)n1)NC1CCCC(SC)C1. The summed E-state index contributed by atoms with van der Waals surface area (Å²) in [5, 5.41) is 11.3. The van der Waals surface area contributed by atoms with Gasteiger partial charge < -0.3 is 15.2 Å². The molecule has 112 valence electrons. The van der Waals surface area contributed by atoms with E-state index < -0.39 is 0 Å². The Labute approximate surface area is 124 Å². The number of aromatic nitrogens is 2. The molecule has 7 heteroatoms. The number of aliphatic imine (C=N–C) groups is 1. The second-order valence-electron chi connectivity index (χ2n) is 5.02. The number of aryl methyl sites for hydroxylation is 1. The molecule has 1 aromatic rings. The summed E-state index contributed by atoms with van der Waals surface area (Å²) in [6.07, 6.45) is 7.21. The Morgan fingerprint density at radius 3 is 3.00 bits per heavy atom. The molecule has 2 N–H and O–H groups in total. The van der Waals surface area contributed by atoms with Gasteiger partial charge in [0, 0.05) is 25.3 Å². The first kappa shape index (κ1) is 15.2. The summed E-state index contributed by atoms with van der Waals surface area (Å²) < 4.78 is 4.94. The first-order valence-electron chi connectivity index (χ1n) is 7.00. The standard InChI is InChI=1S/C13H23N5OS/c1-9-16-12(18-19-9)8-15-13(14-2)17-10-5-4-6-11(7-10)20-3/h10-11H,4-8H2,1-3H3,(H2,14,15,17). The maximum Gasteiger partial charge on any atom is 0.223 e. The summed E-state index contributed by atoms with van der Waals surface area (Å²) in [5.41, 5.74) is 0. The van der Waals surface area contributed by atoms with E-state index in [1.165, 1.54) is 25.7 Å². The predicted molar refractivity (Wildman–Crippen MR) is 81.9 cm³/mol. The Morgan fingerprint density at radius 2 is 2.35 bits per heavy atom. The van der Waals surface area contributed by atoms with Crippen LogP contribution < -0.4 is 10.6 Å². The first-order valence-corrected chi connectivity index (χ1v) is 8.29. The van der Waals surface area contributed by atoms with Gasteiger partial charge in [0.25, 0.3) is 0 Å². The topological polar surface area (TPSA) is 75.3 Å². The minimum atomic E-state index is 0.499. The number of nitrogens with one attached hydrogen (secondary N) is 2. The monoisotopic (exact) mass is 297 g/mol. The zero-order valence-corrected chi connectivity index (χ0v) is 13.2. The van der Waals surface area contributed by atoms with E-state index in [9.17, 15) is 0 Å². The molecule has 1 aromatic heterocycles. The highest BCUT2D eigenvalue weighted by Crippen LogP contribution is 2.26. The van der Waals surface area contributed by atoms with E-state index in [1.807, 2.05) is 11.8 Å². The van der Waals surface area contributed by atoms with E-state index >= 15 is 0 Å². The summed E-state index contributed by atoms with van der Waals surface area (Å²) in [6.45, 7) is 2.31. The van der Waals surface area contributed by atoms with Crippen molar-refractivity contribution in [3.05, 3.63) is 11.7 Å². The zero-order chi connectivity index (χ0) is 14.4. The summed E-state index contributed by atoms with van der Waals surface area (Å²) in [6, 6.07) is 0.499. The Hall–Kier alpha value is -1.24. The molecule has 0 spiro atoms.